The molecule has 150 valence electrons. The molecule has 0 radical (unpaired) electrons. The molecule has 1 saturated heterocycles. The third kappa shape index (κ3) is 5.89. The van der Waals surface area contributed by atoms with E-state index in [9.17, 15) is 13.2 Å². The number of rotatable bonds is 7. The first-order valence-corrected chi connectivity index (χ1v) is 11.1. The van der Waals surface area contributed by atoms with Crippen LogP contribution in [0.1, 0.15) is 16.7 Å². The summed E-state index contributed by atoms with van der Waals surface area (Å²) in [6.07, 6.45) is 0. The van der Waals surface area contributed by atoms with E-state index in [1.54, 1.807) is 0 Å². The Hall–Kier alpha value is -2.22. The van der Waals surface area contributed by atoms with E-state index in [0.717, 1.165) is 11.1 Å². The molecule has 1 heterocycles. The van der Waals surface area contributed by atoms with Crippen molar-refractivity contribution >= 4 is 15.9 Å². The molecule has 0 aliphatic carbocycles. The monoisotopic (exact) mass is 401 g/mol. The van der Waals surface area contributed by atoms with Crippen molar-refractivity contribution in [3.05, 3.63) is 71.3 Å². The van der Waals surface area contributed by atoms with Gasteiger partial charge in [-0.05, 0) is 18.1 Å². The highest BCUT2D eigenvalue weighted by Gasteiger charge is 2.27. The molecular weight excluding hydrogens is 374 g/mol. The summed E-state index contributed by atoms with van der Waals surface area (Å²) in [6, 6.07) is 17.3. The minimum absolute atomic E-state index is 0.0187. The number of piperazine rings is 1. The van der Waals surface area contributed by atoms with Crippen LogP contribution in [0.4, 0.5) is 0 Å². The van der Waals surface area contributed by atoms with Gasteiger partial charge < -0.3 is 5.32 Å². The van der Waals surface area contributed by atoms with E-state index < -0.39 is 10.0 Å². The van der Waals surface area contributed by atoms with Gasteiger partial charge in [0.1, 0.15) is 0 Å². The van der Waals surface area contributed by atoms with Gasteiger partial charge in [-0.2, -0.15) is 4.31 Å². The Morgan fingerprint density at radius 1 is 0.929 bits per heavy atom. The van der Waals surface area contributed by atoms with Crippen LogP contribution in [0.2, 0.25) is 0 Å². The average molecular weight is 402 g/mol. The zero-order valence-electron chi connectivity index (χ0n) is 16.2. The van der Waals surface area contributed by atoms with E-state index in [1.165, 1.54) is 9.87 Å². The highest BCUT2D eigenvalue weighted by Crippen LogP contribution is 2.13. The first-order valence-electron chi connectivity index (χ1n) is 9.49. The number of benzene rings is 2. The van der Waals surface area contributed by atoms with E-state index in [-0.39, 0.29) is 11.7 Å². The molecule has 0 aromatic heterocycles. The third-order valence-corrected chi connectivity index (χ3v) is 6.74. The fraction of sp³-hybridized carbons (Fsp3) is 0.381. The molecule has 28 heavy (non-hydrogen) atoms. The van der Waals surface area contributed by atoms with Crippen LogP contribution in [0.25, 0.3) is 0 Å². The molecular formula is C21H27N3O3S. The lowest BCUT2D eigenvalue weighted by molar-refractivity contribution is -0.122. The van der Waals surface area contributed by atoms with Crippen LogP contribution >= 0.6 is 0 Å². The highest BCUT2D eigenvalue weighted by atomic mass is 32.2. The van der Waals surface area contributed by atoms with Crippen LogP contribution in [-0.2, 0) is 27.1 Å². The van der Waals surface area contributed by atoms with Crippen molar-refractivity contribution in [3.63, 3.8) is 0 Å². The number of aryl methyl sites for hydroxylation is 1. The molecule has 1 aliphatic rings. The summed E-state index contributed by atoms with van der Waals surface area (Å²) in [7, 11) is -3.33. The standard InChI is InChI=1S/C21H27N3O3S/c1-18-7-9-19(10-8-18)15-22-21(25)16-23-11-13-24(14-12-23)28(26,27)17-20-5-3-2-4-6-20/h2-10H,11-17H2,1H3,(H,22,25). The summed E-state index contributed by atoms with van der Waals surface area (Å²) in [6.45, 7) is 4.78. The number of carbonyl (C=O) groups excluding carboxylic acids is 1. The Morgan fingerprint density at radius 2 is 1.57 bits per heavy atom. The summed E-state index contributed by atoms with van der Waals surface area (Å²) < 4.78 is 26.7. The molecule has 1 aliphatic heterocycles. The van der Waals surface area contributed by atoms with Gasteiger partial charge in [-0.15, -0.1) is 0 Å². The Morgan fingerprint density at radius 3 is 2.21 bits per heavy atom. The van der Waals surface area contributed by atoms with Gasteiger partial charge in [-0.25, -0.2) is 8.42 Å². The molecule has 0 spiro atoms. The lowest BCUT2D eigenvalue weighted by atomic mass is 10.1. The summed E-state index contributed by atoms with van der Waals surface area (Å²) in [5.41, 5.74) is 3.05. The van der Waals surface area contributed by atoms with Crippen molar-refractivity contribution in [2.24, 2.45) is 0 Å². The van der Waals surface area contributed by atoms with Gasteiger partial charge in [0, 0.05) is 32.7 Å². The molecule has 7 heteroatoms. The molecule has 1 fully saturated rings. The lowest BCUT2D eigenvalue weighted by Gasteiger charge is -2.33. The van der Waals surface area contributed by atoms with Crippen molar-refractivity contribution in [2.45, 2.75) is 19.2 Å². The van der Waals surface area contributed by atoms with E-state index in [2.05, 4.69) is 5.32 Å². The van der Waals surface area contributed by atoms with E-state index in [4.69, 9.17) is 0 Å². The zero-order chi connectivity index (χ0) is 20.0. The number of nitrogens with zero attached hydrogens (tertiary/aromatic N) is 2. The van der Waals surface area contributed by atoms with Crippen LogP contribution in [0, 0.1) is 6.92 Å². The van der Waals surface area contributed by atoms with Gasteiger partial charge >= 0.3 is 0 Å². The van der Waals surface area contributed by atoms with Crippen LogP contribution in [-0.4, -0.2) is 56.3 Å². The van der Waals surface area contributed by atoms with Crippen LogP contribution in [0.15, 0.2) is 54.6 Å². The molecule has 2 aromatic rings. The maximum atomic E-state index is 12.6. The smallest absolute Gasteiger partial charge is 0.234 e. The second-order valence-electron chi connectivity index (χ2n) is 7.18. The highest BCUT2D eigenvalue weighted by molar-refractivity contribution is 7.88. The van der Waals surface area contributed by atoms with E-state index in [1.807, 2.05) is 66.4 Å². The molecule has 1 N–H and O–H groups in total. The van der Waals surface area contributed by atoms with Gasteiger partial charge in [0.2, 0.25) is 15.9 Å². The quantitative estimate of drug-likeness (QED) is 0.768. The maximum absolute atomic E-state index is 12.6. The Labute approximate surface area is 167 Å². The van der Waals surface area contributed by atoms with Gasteiger partial charge in [0.05, 0.1) is 12.3 Å². The largest absolute Gasteiger partial charge is 0.351 e. The van der Waals surface area contributed by atoms with Crippen molar-refractivity contribution in [2.75, 3.05) is 32.7 Å². The SMILES string of the molecule is Cc1ccc(CNC(=O)CN2CCN(S(=O)(=O)Cc3ccccc3)CC2)cc1. The Kier molecular flexibility index (Phi) is 6.83. The Balaban J connectivity index is 1.43. The molecule has 0 bridgehead atoms. The van der Waals surface area contributed by atoms with Gasteiger partial charge in [0.25, 0.3) is 0 Å². The van der Waals surface area contributed by atoms with Crippen LogP contribution in [0.3, 0.4) is 0 Å². The fourth-order valence-electron chi connectivity index (χ4n) is 3.21. The van der Waals surface area contributed by atoms with Crippen LogP contribution < -0.4 is 5.32 Å². The fourth-order valence-corrected chi connectivity index (χ4v) is 4.72. The molecule has 1 amide bonds. The first-order chi connectivity index (χ1) is 13.4. The maximum Gasteiger partial charge on any atom is 0.234 e. The summed E-state index contributed by atoms with van der Waals surface area (Å²) in [5, 5.41) is 2.93. The molecule has 0 atom stereocenters. The second-order valence-corrected chi connectivity index (χ2v) is 9.15. The number of hydrogen-bond donors (Lipinski definition) is 1. The Bertz CT molecular complexity index is 875. The van der Waals surface area contributed by atoms with E-state index >= 15 is 0 Å². The third-order valence-electron chi connectivity index (χ3n) is 4.89. The van der Waals surface area contributed by atoms with Crippen molar-refractivity contribution in [3.8, 4) is 0 Å². The second kappa shape index (κ2) is 9.32. The van der Waals surface area contributed by atoms with Crippen LogP contribution in [0.5, 0.6) is 0 Å². The van der Waals surface area contributed by atoms with E-state index in [0.29, 0.717) is 39.3 Å². The lowest BCUT2D eigenvalue weighted by Crippen LogP contribution is -2.51. The van der Waals surface area contributed by atoms with Crippen molar-refractivity contribution < 1.29 is 13.2 Å². The number of amides is 1. The zero-order valence-corrected chi connectivity index (χ0v) is 17.0. The number of carbonyl (C=O) groups is 1. The van der Waals surface area contributed by atoms with Crippen molar-refractivity contribution in [1.29, 1.82) is 0 Å². The molecule has 6 nitrogen and oxygen atoms in total. The van der Waals surface area contributed by atoms with Gasteiger partial charge in [-0.3, -0.25) is 9.69 Å². The minimum Gasteiger partial charge on any atom is -0.351 e. The summed E-state index contributed by atoms with van der Waals surface area (Å²) in [4.78, 5) is 14.2. The normalized spacial score (nSPS) is 16.0. The molecule has 0 saturated carbocycles. The minimum atomic E-state index is -3.33. The summed E-state index contributed by atoms with van der Waals surface area (Å²) >= 11 is 0. The molecule has 0 unspecified atom stereocenters. The number of sulfonamides is 1. The topological polar surface area (TPSA) is 69.7 Å². The summed E-state index contributed by atoms with van der Waals surface area (Å²) in [5.74, 6) is -0.0219. The predicted octanol–water partition coefficient (Wildman–Crippen LogP) is 1.76. The predicted molar refractivity (Wildman–Crippen MR) is 110 cm³/mol. The van der Waals surface area contributed by atoms with Gasteiger partial charge in [0.15, 0.2) is 0 Å². The first kappa shape index (κ1) is 20.5. The van der Waals surface area contributed by atoms with Crippen molar-refractivity contribution in [1.82, 2.24) is 14.5 Å². The number of nitrogens with one attached hydrogen (secondary N) is 1. The average Bonchev–Trinajstić information content (AvgIpc) is 2.68. The molecule has 3 rings (SSSR count). The van der Waals surface area contributed by atoms with Gasteiger partial charge in [-0.1, -0.05) is 60.2 Å². The molecule has 2 aromatic carbocycles. The number of hydrogen-bond acceptors (Lipinski definition) is 4.